The van der Waals surface area contributed by atoms with Crippen molar-refractivity contribution in [2.75, 3.05) is 25.5 Å². The molecule has 0 aliphatic carbocycles. The van der Waals surface area contributed by atoms with Gasteiger partial charge in [0.15, 0.2) is 0 Å². The molecule has 110 valence electrons. The van der Waals surface area contributed by atoms with Crippen molar-refractivity contribution >= 4 is 11.6 Å². The van der Waals surface area contributed by atoms with Crippen LogP contribution in [0.2, 0.25) is 0 Å². The number of nitrogens with zero attached hydrogens (tertiary/aromatic N) is 1. The minimum atomic E-state index is -4.23. The normalized spacial score (nSPS) is 17.5. The van der Waals surface area contributed by atoms with Crippen molar-refractivity contribution in [1.82, 2.24) is 4.90 Å². The Balaban J connectivity index is 1.89. The average molecular weight is 286 g/mol. The highest BCUT2D eigenvalue weighted by Gasteiger charge is 2.29. The van der Waals surface area contributed by atoms with E-state index in [4.69, 9.17) is 0 Å². The van der Waals surface area contributed by atoms with Crippen molar-refractivity contribution in [2.24, 2.45) is 0 Å². The number of halogens is 3. The molecule has 0 spiro atoms. The Bertz CT molecular complexity index is 488. The number of carbonyl (C=O) groups excluding carboxylic acids is 1. The van der Waals surface area contributed by atoms with Gasteiger partial charge < -0.3 is 10.2 Å². The van der Waals surface area contributed by atoms with Gasteiger partial charge in [0.2, 0.25) is 5.91 Å². The average Bonchev–Trinajstić information content (AvgIpc) is 2.78. The van der Waals surface area contributed by atoms with Crippen LogP contribution in [0.1, 0.15) is 24.3 Å². The lowest BCUT2D eigenvalue weighted by molar-refractivity contribution is -0.144. The lowest BCUT2D eigenvalue weighted by atomic mass is 9.97. The highest BCUT2D eigenvalue weighted by Crippen LogP contribution is 2.33. The van der Waals surface area contributed by atoms with E-state index >= 15 is 0 Å². The molecule has 1 N–H and O–H groups in total. The molecule has 0 saturated heterocycles. The molecule has 1 amide bonds. The van der Waals surface area contributed by atoms with E-state index in [0.29, 0.717) is 6.54 Å². The van der Waals surface area contributed by atoms with Crippen molar-refractivity contribution in [1.29, 1.82) is 0 Å². The largest absolute Gasteiger partial charge is 0.390 e. The van der Waals surface area contributed by atoms with Crippen LogP contribution in [-0.4, -0.2) is 37.1 Å². The van der Waals surface area contributed by atoms with Gasteiger partial charge in [0.05, 0.1) is 6.42 Å². The fourth-order valence-electron chi connectivity index (χ4n) is 2.33. The first-order chi connectivity index (χ1) is 9.37. The lowest BCUT2D eigenvalue weighted by Gasteiger charge is -2.20. The van der Waals surface area contributed by atoms with Crippen LogP contribution in [0.15, 0.2) is 24.3 Å². The summed E-state index contributed by atoms with van der Waals surface area (Å²) in [7, 11) is 1.42. The Morgan fingerprint density at radius 1 is 1.40 bits per heavy atom. The Labute approximate surface area is 115 Å². The van der Waals surface area contributed by atoms with E-state index in [1.54, 1.807) is 0 Å². The summed E-state index contributed by atoms with van der Waals surface area (Å²) in [5.41, 5.74) is 2.06. The predicted molar refractivity (Wildman–Crippen MR) is 70.6 cm³/mol. The number of anilines is 1. The summed E-state index contributed by atoms with van der Waals surface area (Å²) in [5.74, 6) is -0.218. The molecule has 0 bridgehead atoms. The first kappa shape index (κ1) is 14.7. The second-order valence-corrected chi connectivity index (χ2v) is 5.05. The molecule has 1 heterocycles. The molecule has 1 aromatic rings. The second kappa shape index (κ2) is 5.73. The van der Waals surface area contributed by atoms with Gasteiger partial charge in [-0.1, -0.05) is 18.2 Å². The van der Waals surface area contributed by atoms with E-state index in [1.807, 2.05) is 24.3 Å². The molecule has 0 saturated carbocycles. The quantitative estimate of drug-likeness (QED) is 0.923. The Kier molecular flexibility index (Phi) is 4.20. The molecule has 1 atom stereocenters. The maximum absolute atomic E-state index is 12.1. The molecular weight excluding hydrogens is 269 g/mol. The van der Waals surface area contributed by atoms with Crippen molar-refractivity contribution in [3.8, 4) is 0 Å². The van der Waals surface area contributed by atoms with Crippen molar-refractivity contribution in [3.05, 3.63) is 29.8 Å². The van der Waals surface area contributed by atoms with Gasteiger partial charge in [0.25, 0.3) is 0 Å². The van der Waals surface area contributed by atoms with E-state index < -0.39 is 12.6 Å². The van der Waals surface area contributed by atoms with Gasteiger partial charge in [-0.3, -0.25) is 4.79 Å². The van der Waals surface area contributed by atoms with Crippen LogP contribution >= 0.6 is 0 Å². The van der Waals surface area contributed by atoms with E-state index in [2.05, 4.69) is 5.32 Å². The molecule has 1 unspecified atom stereocenters. The highest BCUT2D eigenvalue weighted by atomic mass is 19.4. The summed E-state index contributed by atoms with van der Waals surface area (Å²) < 4.78 is 36.4. The molecular formula is C14H17F3N2O. The smallest absolute Gasteiger partial charge is 0.384 e. The van der Waals surface area contributed by atoms with Gasteiger partial charge in [-0.15, -0.1) is 0 Å². The molecule has 2 rings (SSSR count). The number of carbonyl (C=O) groups is 1. The Morgan fingerprint density at radius 3 is 2.80 bits per heavy atom. The first-order valence-corrected chi connectivity index (χ1v) is 6.50. The maximum atomic E-state index is 12.1. The molecule has 0 aromatic heterocycles. The zero-order chi connectivity index (χ0) is 14.8. The standard InChI is InChI=1S/C14H17F3N2O/c1-19(7-6-14(15,16)17)13(20)8-10-9-18-12-5-3-2-4-11(10)12/h2-5,10,18H,6-9H2,1H3. The van der Waals surface area contributed by atoms with Gasteiger partial charge >= 0.3 is 6.18 Å². The van der Waals surface area contributed by atoms with Gasteiger partial charge in [-0.05, 0) is 11.6 Å². The zero-order valence-electron chi connectivity index (χ0n) is 11.2. The fourth-order valence-corrected chi connectivity index (χ4v) is 2.33. The van der Waals surface area contributed by atoms with Crippen LogP contribution in [0, 0.1) is 0 Å². The Hall–Kier alpha value is -1.72. The fraction of sp³-hybridized carbons (Fsp3) is 0.500. The molecule has 1 aliphatic heterocycles. The molecule has 6 heteroatoms. The number of rotatable bonds is 4. The number of alkyl halides is 3. The first-order valence-electron chi connectivity index (χ1n) is 6.50. The summed E-state index contributed by atoms with van der Waals surface area (Å²) >= 11 is 0. The summed E-state index contributed by atoms with van der Waals surface area (Å²) in [4.78, 5) is 13.1. The maximum Gasteiger partial charge on any atom is 0.390 e. The molecule has 0 fully saturated rings. The number of para-hydroxylation sites is 1. The van der Waals surface area contributed by atoms with E-state index in [0.717, 1.165) is 16.2 Å². The molecule has 0 radical (unpaired) electrons. The van der Waals surface area contributed by atoms with E-state index in [9.17, 15) is 18.0 Å². The van der Waals surface area contributed by atoms with Gasteiger partial charge in [-0.25, -0.2) is 0 Å². The topological polar surface area (TPSA) is 32.3 Å². The number of nitrogens with one attached hydrogen (secondary N) is 1. The third-order valence-electron chi connectivity index (χ3n) is 3.52. The SMILES string of the molecule is CN(CCC(F)(F)F)C(=O)CC1CNc2ccccc21. The van der Waals surface area contributed by atoms with Crippen LogP contribution < -0.4 is 5.32 Å². The number of amides is 1. The van der Waals surface area contributed by atoms with Gasteiger partial charge in [0.1, 0.15) is 0 Å². The predicted octanol–water partition coefficient (Wildman–Crippen LogP) is 3.00. The summed E-state index contributed by atoms with van der Waals surface area (Å²) in [5, 5.41) is 3.20. The second-order valence-electron chi connectivity index (χ2n) is 5.05. The van der Waals surface area contributed by atoms with Crippen LogP contribution in [0.3, 0.4) is 0 Å². The number of fused-ring (bicyclic) bond motifs is 1. The van der Waals surface area contributed by atoms with Crippen molar-refractivity contribution in [3.63, 3.8) is 0 Å². The summed E-state index contributed by atoms with van der Waals surface area (Å²) in [6, 6.07) is 7.69. The minimum Gasteiger partial charge on any atom is -0.384 e. The van der Waals surface area contributed by atoms with Gasteiger partial charge in [0, 0.05) is 38.2 Å². The van der Waals surface area contributed by atoms with Gasteiger partial charge in [-0.2, -0.15) is 13.2 Å². The van der Waals surface area contributed by atoms with E-state index in [1.165, 1.54) is 7.05 Å². The third-order valence-corrected chi connectivity index (χ3v) is 3.52. The minimum absolute atomic E-state index is 0.0343. The highest BCUT2D eigenvalue weighted by molar-refractivity contribution is 5.78. The number of benzene rings is 1. The molecule has 1 aromatic carbocycles. The van der Waals surface area contributed by atoms with Crippen LogP contribution in [-0.2, 0) is 4.79 Å². The van der Waals surface area contributed by atoms with Crippen LogP contribution in [0.5, 0.6) is 0 Å². The number of hydrogen-bond donors (Lipinski definition) is 1. The van der Waals surface area contributed by atoms with Crippen LogP contribution in [0.25, 0.3) is 0 Å². The molecule has 20 heavy (non-hydrogen) atoms. The summed E-state index contributed by atoms with van der Waals surface area (Å²) in [6.07, 6.45) is -4.96. The molecule has 3 nitrogen and oxygen atoms in total. The van der Waals surface area contributed by atoms with Crippen molar-refractivity contribution < 1.29 is 18.0 Å². The summed E-state index contributed by atoms with van der Waals surface area (Å²) in [6.45, 7) is 0.363. The van der Waals surface area contributed by atoms with Crippen LogP contribution in [0.4, 0.5) is 18.9 Å². The Morgan fingerprint density at radius 2 is 2.10 bits per heavy atom. The number of hydrogen-bond acceptors (Lipinski definition) is 2. The third kappa shape index (κ3) is 3.65. The monoisotopic (exact) mass is 286 g/mol. The lowest BCUT2D eigenvalue weighted by Crippen LogP contribution is -2.31. The zero-order valence-corrected chi connectivity index (χ0v) is 11.2. The van der Waals surface area contributed by atoms with Crippen molar-refractivity contribution in [2.45, 2.75) is 24.9 Å². The molecule has 1 aliphatic rings. The van der Waals surface area contributed by atoms with E-state index in [-0.39, 0.29) is 24.8 Å².